The number of nitrogens with zero attached hydrogens (tertiary/aromatic N) is 1. The fourth-order valence-electron chi connectivity index (χ4n) is 3.04. The number of para-hydroxylation sites is 2. The van der Waals surface area contributed by atoms with Crippen molar-refractivity contribution in [3.8, 4) is 5.75 Å². The highest BCUT2D eigenvalue weighted by Crippen LogP contribution is 2.31. The van der Waals surface area contributed by atoms with E-state index in [1.54, 1.807) is 24.3 Å². The molecule has 1 fully saturated rings. The highest BCUT2D eigenvalue weighted by atomic mass is 19.1. The first kappa shape index (κ1) is 18.9. The molecule has 0 spiro atoms. The van der Waals surface area contributed by atoms with Crippen molar-refractivity contribution in [2.45, 2.75) is 25.0 Å². The van der Waals surface area contributed by atoms with Crippen LogP contribution in [0.3, 0.4) is 0 Å². The number of nitrogens with one attached hydrogen (secondary N) is 1. The molecule has 1 N–H and O–H groups in total. The molecule has 1 atom stereocenters. The minimum absolute atomic E-state index is 0.0665. The van der Waals surface area contributed by atoms with Crippen molar-refractivity contribution in [2.75, 3.05) is 18.1 Å². The number of benzene rings is 2. The lowest BCUT2D eigenvalue weighted by molar-refractivity contribution is -0.155. The van der Waals surface area contributed by atoms with Gasteiger partial charge in [-0.05, 0) is 37.1 Å². The molecule has 29 heavy (non-hydrogen) atoms. The summed E-state index contributed by atoms with van der Waals surface area (Å²) in [5, 5.41) is 2.79. The lowest BCUT2D eigenvalue weighted by Gasteiger charge is -2.29. The summed E-state index contributed by atoms with van der Waals surface area (Å²) in [6.45, 7) is -0.554. The summed E-state index contributed by atoms with van der Waals surface area (Å²) in [5.41, 5.74) is 0.813. The molecule has 0 saturated heterocycles. The van der Waals surface area contributed by atoms with Crippen molar-refractivity contribution >= 4 is 23.5 Å². The molecule has 8 heteroatoms. The molecule has 2 aromatic carbocycles. The summed E-state index contributed by atoms with van der Waals surface area (Å²) in [6.07, 6.45) is 0.513. The van der Waals surface area contributed by atoms with Gasteiger partial charge < -0.3 is 14.8 Å². The molecule has 2 aliphatic rings. The summed E-state index contributed by atoms with van der Waals surface area (Å²) >= 11 is 0. The van der Waals surface area contributed by atoms with Crippen molar-refractivity contribution in [3.05, 3.63) is 59.9 Å². The van der Waals surface area contributed by atoms with Crippen LogP contribution in [0, 0.1) is 5.82 Å². The Hall–Kier alpha value is -3.42. The average molecular weight is 398 g/mol. The number of carbonyl (C=O) groups excluding carboxylic acids is 3. The second-order valence-corrected chi connectivity index (χ2v) is 6.94. The van der Waals surface area contributed by atoms with Gasteiger partial charge in [-0.15, -0.1) is 0 Å². The van der Waals surface area contributed by atoms with Gasteiger partial charge in [-0.2, -0.15) is 0 Å². The maximum absolute atomic E-state index is 13.3. The average Bonchev–Trinajstić information content (AvgIpc) is 3.53. The number of ether oxygens (including phenoxy) is 2. The Morgan fingerprint density at radius 3 is 2.62 bits per heavy atom. The fourth-order valence-corrected chi connectivity index (χ4v) is 3.04. The third kappa shape index (κ3) is 4.37. The SMILES string of the molecule is O=C(CN1C(=O)COc2ccccc21)OC(C(=O)NC1CC1)c1ccc(F)cc1. The number of amides is 2. The number of esters is 1. The standard InChI is InChI=1S/C21H19FN2O5/c22-14-7-5-13(6-8-14)20(21(27)23-15-9-10-15)29-19(26)11-24-16-3-1-2-4-17(16)28-12-18(24)25/h1-8,15,20H,9-12H2,(H,23,27). The first-order chi connectivity index (χ1) is 14.0. The maximum atomic E-state index is 13.3. The van der Waals surface area contributed by atoms with Crippen LogP contribution in [-0.4, -0.2) is 37.0 Å². The number of hydrogen-bond donors (Lipinski definition) is 1. The van der Waals surface area contributed by atoms with E-state index in [-0.39, 0.29) is 25.1 Å². The molecule has 1 aliphatic carbocycles. The lowest BCUT2D eigenvalue weighted by atomic mass is 10.1. The van der Waals surface area contributed by atoms with Gasteiger partial charge in [-0.3, -0.25) is 19.3 Å². The predicted octanol–water partition coefficient (Wildman–Crippen LogP) is 2.11. The van der Waals surface area contributed by atoms with E-state index in [4.69, 9.17) is 9.47 Å². The van der Waals surface area contributed by atoms with Gasteiger partial charge in [-0.1, -0.05) is 24.3 Å². The number of carbonyl (C=O) groups is 3. The molecule has 1 unspecified atom stereocenters. The zero-order chi connectivity index (χ0) is 20.4. The highest BCUT2D eigenvalue weighted by Gasteiger charge is 2.33. The second-order valence-electron chi connectivity index (χ2n) is 6.94. The van der Waals surface area contributed by atoms with Gasteiger partial charge >= 0.3 is 5.97 Å². The number of anilines is 1. The molecule has 0 bridgehead atoms. The molecule has 1 saturated carbocycles. The van der Waals surface area contributed by atoms with Crippen molar-refractivity contribution in [1.29, 1.82) is 0 Å². The Morgan fingerprint density at radius 2 is 1.90 bits per heavy atom. The summed E-state index contributed by atoms with van der Waals surface area (Å²) < 4.78 is 24.0. The number of hydrogen-bond acceptors (Lipinski definition) is 5. The van der Waals surface area contributed by atoms with Crippen molar-refractivity contribution in [2.24, 2.45) is 0 Å². The summed E-state index contributed by atoms with van der Waals surface area (Å²) in [6, 6.07) is 12.1. The van der Waals surface area contributed by atoms with Crippen LogP contribution in [-0.2, 0) is 19.1 Å². The smallest absolute Gasteiger partial charge is 0.327 e. The third-order valence-electron chi connectivity index (χ3n) is 4.68. The third-order valence-corrected chi connectivity index (χ3v) is 4.68. The monoisotopic (exact) mass is 398 g/mol. The van der Waals surface area contributed by atoms with Crippen LogP contribution in [0.4, 0.5) is 10.1 Å². The summed E-state index contributed by atoms with van der Waals surface area (Å²) in [5.74, 6) is -1.59. The van der Waals surface area contributed by atoms with Crippen LogP contribution < -0.4 is 15.0 Å². The first-order valence-corrected chi connectivity index (χ1v) is 9.29. The van der Waals surface area contributed by atoms with Crippen LogP contribution in [0.15, 0.2) is 48.5 Å². The van der Waals surface area contributed by atoms with E-state index < -0.39 is 23.8 Å². The fraction of sp³-hybridized carbons (Fsp3) is 0.286. The van der Waals surface area contributed by atoms with Crippen LogP contribution in [0.5, 0.6) is 5.75 Å². The zero-order valence-corrected chi connectivity index (χ0v) is 15.5. The molecule has 2 amide bonds. The van der Waals surface area contributed by atoms with Gasteiger partial charge in [0.05, 0.1) is 5.69 Å². The Balaban J connectivity index is 1.51. The van der Waals surface area contributed by atoms with E-state index >= 15 is 0 Å². The molecular formula is C21H19FN2O5. The number of halogens is 1. The van der Waals surface area contributed by atoms with Gasteiger partial charge in [0.15, 0.2) is 6.61 Å². The molecule has 4 rings (SSSR count). The quantitative estimate of drug-likeness (QED) is 0.754. The van der Waals surface area contributed by atoms with Gasteiger partial charge in [-0.25, -0.2) is 4.39 Å². The molecule has 1 aliphatic heterocycles. The Bertz CT molecular complexity index is 942. The van der Waals surface area contributed by atoms with Gasteiger partial charge in [0.2, 0.25) is 6.10 Å². The van der Waals surface area contributed by atoms with E-state index in [9.17, 15) is 18.8 Å². The summed E-state index contributed by atoms with van der Waals surface area (Å²) in [4.78, 5) is 38.7. The molecular weight excluding hydrogens is 379 g/mol. The predicted molar refractivity (Wildman–Crippen MR) is 101 cm³/mol. The van der Waals surface area contributed by atoms with E-state index in [1.807, 2.05) is 0 Å². The van der Waals surface area contributed by atoms with Crippen LogP contribution in [0.1, 0.15) is 24.5 Å². The minimum atomic E-state index is -1.23. The summed E-state index contributed by atoms with van der Waals surface area (Å²) in [7, 11) is 0. The molecule has 1 heterocycles. The number of rotatable bonds is 6. The molecule has 0 radical (unpaired) electrons. The van der Waals surface area contributed by atoms with Crippen LogP contribution >= 0.6 is 0 Å². The first-order valence-electron chi connectivity index (χ1n) is 9.29. The molecule has 0 aromatic heterocycles. The largest absolute Gasteiger partial charge is 0.482 e. The van der Waals surface area contributed by atoms with Gasteiger partial charge in [0.25, 0.3) is 11.8 Å². The maximum Gasteiger partial charge on any atom is 0.327 e. The topological polar surface area (TPSA) is 84.9 Å². The van der Waals surface area contributed by atoms with Crippen LogP contribution in [0.2, 0.25) is 0 Å². The van der Waals surface area contributed by atoms with Crippen molar-refractivity contribution in [1.82, 2.24) is 5.32 Å². The lowest BCUT2D eigenvalue weighted by Crippen LogP contribution is -2.43. The van der Waals surface area contributed by atoms with E-state index in [1.165, 1.54) is 29.2 Å². The molecule has 150 valence electrons. The molecule has 7 nitrogen and oxygen atoms in total. The van der Waals surface area contributed by atoms with Gasteiger partial charge in [0.1, 0.15) is 18.1 Å². The van der Waals surface area contributed by atoms with E-state index in [2.05, 4.69) is 5.32 Å². The van der Waals surface area contributed by atoms with Crippen molar-refractivity contribution < 1.29 is 28.2 Å². The Labute approximate surface area is 166 Å². The van der Waals surface area contributed by atoms with Gasteiger partial charge in [0, 0.05) is 11.6 Å². The molecule has 2 aromatic rings. The normalized spacial score (nSPS) is 16.4. The Morgan fingerprint density at radius 1 is 1.17 bits per heavy atom. The minimum Gasteiger partial charge on any atom is -0.482 e. The highest BCUT2D eigenvalue weighted by molar-refractivity contribution is 6.01. The second kappa shape index (κ2) is 7.90. The number of fused-ring (bicyclic) bond motifs is 1. The zero-order valence-electron chi connectivity index (χ0n) is 15.5. The van der Waals surface area contributed by atoms with Crippen molar-refractivity contribution in [3.63, 3.8) is 0 Å². The Kier molecular flexibility index (Phi) is 5.16. The van der Waals surface area contributed by atoms with E-state index in [0.29, 0.717) is 17.0 Å². The van der Waals surface area contributed by atoms with Crippen LogP contribution in [0.25, 0.3) is 0 Å². The van der Waals surface area contributed by atoms with E-state index in [0.717, 1.165) is 12.8 Å².